The Kier molecular flexibility index (Phi) is 4.77. The van der Waals surface area contributed by atoms with Gasteiger partial charge in [0, 0.05) is 5.69 Å². The van der Waals surface area contributed by atoms with Crippen LogP contribution >= 0.6 is 15.9 Å². The molecule has 104 valence electrons. The lowest BCUT2D eigenvalue weighted by atomic mass is 9.91. The van der Waals surface area contributed by atoms with Crippen LogP contribution in [0.1, 0.15) is 13.8 Å². The van der Waals surface area contributed by atoms with E-state index in [0.717, 1.165) is 4.47 Å². The normalized spacial score (nSPS) is 12.1. The molecule has 0 aliphatic rings. The van der Waals surface area contributed by atoms with Crippen molar-refractivity contribution in [3.63, 3.8) is 0 Å². The maximum Gasteiger partial charge on any atom is 0.237 e. The van der Waals surface area contributed by atoms with Crippen molar-refractivity contribution in [1.82, 2.24) is 0 Å². The zero-order valence-electron chi connectivity index (χ0n) is 10.9. The van der Waals surface area contributed by atoms with Gasteiger partial charge in [-0.05, 0) is 48.0 Å². The van der Waals surface area contributed by atoms with Crippen LogP contribution in [0.15, 0.2) is 27.8 Å². The Morgan fingerprint density at radius 1 is 1.53 bits per heavy atom. The van der Waals surface area contributed by atoms with E-state index in [1.54, 1.807) is 39.2 Å². The molecule has 1 rings (SSSR count). The van der Waals surface area contributed by atoms with Gasteiger partial charge in [0.2, 0.25) is 5.91 Å². The minimum absolute atomic E-state index is 0.155. The van der Waals surface area contributed by atoms with Gasteiger partial charge < -0.3 is 21.0 Å². The molecule has 0 fully saturated rings. The molecule has 0 atom stereocenters. The van der Waals surface area contributed by atoms with Crippen LogP contribution in [-0.4, -0.2) is 24.1 Å². The summed E-state index contributed by atoms with van der Waals surface area (Å²) in [6.07, 6.45) is 0. The summed E-state index contributed by atoms with van der Waals surface area (Å²) in [5.74, 6) is 0.131. The molecular formula is C12H16BrN3O3. The quantitative estimate of drug-likeness (QED) is 0.341. The minimum Gasteiger partial charge on any atom is -0.496 e. The molecule has 1 aromatic carbocycles. The summed E-state index contributed by atoms with van der Waals surface area (Å²) in [7, 11) is 1.56. The number of amides is 1. The van der Waals surface area contributed by atoms with Crippen molar-refractivity contribution in [3.05, 3.63) is 22.7 Å². The molecule has 4 N–H and O–H groups in total. The first-order chi connectivity index (χ1) is 8.82. The second-order valence-corrected chi connectivity index (χ2v) is 5.27. The van der Waals surface area contributed by atoms with Crippen molar-refractivity contribution in [2.75, 3.05) is 12.4 Å². The van der Waals surface area contributed by atoms with Gasteiger partial charge in [-0.25, -0.2) is 0 Å². The third-order valence-electron chi connectivity index (χ3n) is 2.73. The number of nitrogens with zero attached hydrogens (tertiary/aromatic N) is 1. The molecule has 0 unspecified atom stereocenters. The molecule has 0 bridgehead atoms. The van der Waals surface area contributed by atoms with Crippen LogP contribution in [0.4, 0.5) is 5.69 Å². The first-order valence-corrected chi connectivity index (χ1v) is 6.25. The largest absolute Gasteiger partial charge is 0.496 e. The van der Waals surface area contributed by atoms with Gasteiger partial charge in [0.15, 0.2) is 5.84 Å². The third kappa shape index (κ3) is 3.37. The zero-order chi connectivity index (χ0) is 14.6. The van der Waals surface area contributed by atoms with Crippen LogP contribution in [-0.2, 0) is 4.79 Å². The highest BCUT2D eigenvalue weighted by atomic mass is 79.9. The summed E-state index contributed by atoms with van der Waals surface area (Å²) in [6.45, 7) is 3.13. The molecule has 0 saturated heterocycles. The molecular weight excluding hydrogens is 314 g/mol. The van der Waals surface area contributed by atoms with Crippen LogP contribution in [0.3, 0.4) is 0 Å². The van der Waals surface area contributed by atoms with Crippen molar-refractivity contribution in [2.45, 2.75) is 13.8 Å². The molecule has 0 aliphatic carbocycles. The number of anilines is 1. The molecule has 0 heterocycles. The number of methoxy groups -OCH3 is 1. The van der Waals surface area contributed by atoms with E-state index in [9.17, 15) is 4.79 Å². The van der Waals surface area contributed by atoms with E-state index < -0.39 is 5.41 Å². The SMILES string of the molecule is COc1ccc(NC(=O)C(C)(C)C(N)=NO)cc1Br. The number of carbonyl (C=O) groups is 1. The van der Waals surface area contributed by atoms with Gasteiger partial charge in [-0.3, -0.25) is 4.79 Å². The van der Waals surface area contributed by atoms with Gasteiger partial charge in [-0.15, -0.1) is 0 Å². The van der Waals surface area contributed by atoms with E-state index in [4.69, 9.17) is 15.7 Å². The smallest absolute Gasteiger partial charge is 0.237 e. The van der Waals surface area contributed by atoms with Gasteiger partial charge >= 0.3 is 0 Å². The van der Waals surface area contributed by atoms with E-state index in [2.05, 4.69) is 26.4 Å². The molecule has 0 radical (unpaired) electrons. The van der Waals surface area contributed by atoms with Gasteiger partial charge in [-0.1, -0.05) is 5.16 Å². The van der Waals surface area contributed by atoms with Crippen LogP contribution < -0.4 is 15.8 Å². The maximum atomic E-state index is 12.1. The number of benzene rings is 1. The summed E-state index contributed by atoms with van der Waals surface area (Å²) in [4.78, 5) is 12.1. The Labute approximate surface area is 119 Å². The lowest BCUT2D eigenvalue weighted by molar-refractivity contribution is -0.121. The Morgan fingerprint density at radius 3 is 2.63 bits per heavy atom. The average molecular weight is 330 g/mol. The van der Waals surface area contributed by atoms with Crippen LogP contribution in [0.2, 0.25) is 0 Å². The molecule has 1 aromatic rings. The van der Waals surface area contributed by atoms with Crippen LogP contribution in [0.25, 0.3) is 0 Å². The Bertz CT molecular complexity index is 515. The summed E-state index contributed by atoms with van der Waals surface area (Å²) in [5.41, 5.74) is 4.96. The first-order valence-electron chi connectivity index (χ1n) is 5.46. The molecule has 19 heavy (non-hydrogen) atoms. The summed E-state index contributed by atoms with van der Waals surface area (Å²) in [5, 5.41) is 14.2. The zero-order valence-corrected chi connectivity index (χ0v) is 12.5. The number of hydrogen-bond donors (Lipinski definition) is 3. The summed E-state index contributed by atoms with van der Waals surface area (Å²) >= 11 is 3.33. The fourth-order valence-electron chi connectivity index (χ4n) is 1.27. The highest BCUT2D eigenvalue weighted by Gasteiger charge is 2.32. The van der Waals surface area contributed by atoms with Crippen LogP contribution in [0.5, 0.6) is 5.75 Å². The fraction of sp³-hybridized carbons (Fsp3) is 0.333. The van der Waals surface area contributed by atoms with Crippen molar-refractivity contribution >= 4 is 33.4 Å². The molecule has 0 aromatic heterocycles. The second-order valence-electron chi connectivity index (χ2n) is 4.41. The monoisotopic (exact) mass is 329 g/mol. The number of hydrogen-bond acceptors (Lipinski definition) is 4. The number of rotatable bonds is 4. The van der Waals surface area contributed by atoms with Crippen LogP contribution in [0, 0.1) is 5.41 Å². The highest BCUT2D eigenvalue weighted by molar-refractivity contribution is 9.10. The van der Waals surface area contributed by atoms with Crippen molar-refractivity contribution < 1.29 is 14.7 Å². The standard InChI is InChI=1S/C12H16BrN3O3/c1-12(2,10(14)16-18)11(17)15-7-4-5-9(19-3)8(13)6-7/h4-6,18H,1-3H3,(H2,14,16)(H,15,17). The van der Waals surface area contributed by atoms with Crippen molar-refractivity contribution in [3.8, 4) is 5.75 Å². The van der Waals surface area contributed by atoms with Crippen molar-refractivity contribution in [1.29, 1.82) is 0 Å². The summed E-state index contributed by atoms with van der Waals surface area (Å²) < 4.78 is 5.81. The van der Waals surface area contributed by atoms with Gasteiger partial charge in [0.05, 0.1) is 11.6 Å². The number of carbonyl (C=O) groups excluding carboxylic acids is 1. The highest BCUT2D eigenvalue weighted by Crippen LogP contribution is 2.28. The Hall–Kier alpha value is -1.76. The van der Waals surface area contributed by atoms with E-state index in [0.29, 0.717) is 11.4 Å². The fourth-order valence-corrected chi connectivity index (χ4v) is 1.81. The molecule has 1 amide bonds. The number of nitrogens with one attached hydrogen (secondary N) is 1. The lowest BCUT2D eigenvalue weighted by Gasteiger charge is -2.21. The van der Waals surface area contributed by atoms with Gasteiger partial charge in [0.25, 0.3) is 0 Å². The first kappa shape index (κ1) is 15.3. The predicted molar refractivity (Wildman–Crippen MR) is 76.5 cm³/mol. The van der Waals surface area contributed by atoms with E-state index in [1.165, 1.54) is 0 Å². The molecule has 7 heteroatoms. The Balaban J connectivity index is 2.91. The minimum atomic E-state index is -1.11. The molecule has 6 nitrogen and oxygen atoms in total. The average Bonchev–Trinajstić information content (AvgIpc) is 2.37. The topological polar surface area (TPSA) is 96.9 Å². The van der Waals surface area contributed by atoms with E-state index in [-0.39, 0.29) is 11.7 Å². The number of oxime groups is 1. The molecule has 0 saturated carbocycles. The molecule has 0 aliphatic heterocycles. The lowest BCUT2D eigenvalue weighted by Crippen LogP contribution is -2.42. The van der Waals surface area contributed by atoms with Gasteiger partial charge in [0.1, 0.15) is 11.2 Å². The van der Waals surface area contributed by atoms with Crippen molar-refractivity contribution in [2.24, 2.45) is 16.3 Å². The van der Waals surface area contributed by atoms with Gasteiger partial charge in [-0.2, -0.15) is 0 Å². The summed E-state index contributed by atoms with van der Waals surface area (Å²) in [6, 6.07) is 5.12. The molecule has 0 spiro atoms. The van der Waals surface area contributed by atoms with E-state index in [1.807, 2.05) is 0 Å². The number of amidine groups is 1. The second kappa shape index (κ2) is 5.92. The Morgan fingerprint density at radius 2 is 2.16 bits per heavy atom. The number of ether oxygens (including phenoxy) is 1. The van der Waals surface area contributed by atoms with E-state index >= 15 is 0 Å². The predicted octanol–water partition coefficient (Wildman–Crippen LogP) is 2.17. The number of nitrogens with two attached hydrogens (primary N) is 1. The number of halogens is 1. The maximum absolute atomic E-state index is 12.1. The third-order valence-corrected chi connectivity index (χ3v) is 3.35.